The van der Waals surface area contributed by atoms with Gasteiger partial charge in [-0.05, 0) is 23.8 Å². The molecular formula is C28H22F5N3O3S. The largest absolute Gasteiger partial charge is 0.494 e. The average molecular weight is 576 g/mol. The molecule has 0 saturated heterocycles. The maximum atomic E-state index is 15.5. The molecule has 0 radical (unpaired) electrons. The quantitative estimate of drug-likeness (QED) is 0.247. The third-order valence-corrected chi connectivity index (χ3v) is 7.93. The lowest BCUT2D eigenvalue weighted by Gasteiger charge is -2.23. The molecule has 2 heterocycles. The first kappa shape index (κ1) is 27.7. The van der Waals surface area contributed by atoms with Gasteiger partial charge in [0.25, 0.3) is 5.56 Å². The molecule has 6 nitrogen and oxygen atoms in total. The van der Waals surface area contributed by atoms with E-state index in [0.717, 1.165) is 39.1 Å². The van der Waals surface area contributed by atoms with Crippen LogP contribution < -0.4 is 21.7 Å². The number of hydrogen-bond donors (Lipinski definition) is 1. The third kappa shape index (κ3) is 4.71. The maximum Gasteiger partial charge on any atom is 0.416 e. The van der Waals surface area contributed by atoms with Crippen LogP contribution in [-0.2, 0) is 12.7 Å². The van der Waals surface area contributed by atoms with Crippen LogP contribution in [-0.4, -0.2) is 22.0 Å². The van der Waals surface area contributed by atoms with Crippen molar-refractivity contribution in [1.29, 1.82) is 0 Å². The van der Waals surface area contributed by atoms with E-state index in [4.69, 9.17) is 10.5 Å². The Morgan fingerprint density at radius 3 is 2.40 bits per heavy atom. The van der Waals surface area contributed by atoms with Crippen LogP contribution in [0.5, 0.6) is 5.75 Å². The number of aromatic nitrogens is 2. The molecule has 0 saturated carbocycles. The highest BCUT2D eigenvalue weighted by molar-refractivity contribution is 7.99. The fourth-order valence-electron chi connectivity index (χ4n) is 4.89. The van der Waals surface area contributed by atoms with Crippen molar-refractivity contribution in [3.05, 3.63) is 116 Å². The summed E-state index contributed by atoms with van der Waals surface area (Å²) in [4.78, 5) is 27.7. The number of fused-ring (bicyclic) bond motifs is 1. The molecular weight excluding hydrogens is 553 g/mol. The molecule has 12 heteroatoms. The fourth-order valence-corrected chi connectivity index (χ4v) is 6.21. The van der Waals surface area contributed by atoms with Crippen molar-refractivity contribution < 1.29 is 26.7 Å². The van der Waals surface area contributed by atoms with Crippen molar-refractivity contribution in [3.8, 4) is 16.9 Å². The molecule has 2 N–H and O–H groups in total. The second-order valence-corrected chi connectivity index (χ2v) is 10.1. The summed E-state index contributed by atoms with van der Waals surface area (Å²) >= 11 is 0.872. The Morgan fingerprint density at radius 2 is 1.73 bits per heavy atom. The van der Waals surface area contributed by atoms with Crippen LogP contribution in [0.15, 0.2) is 81.3 Å². The van der Waals surface area contributed by atoms with Gasteiger partial charge in [0.1, 0.15) is 5.82 Å². The average Bonchev–Trinajstić information content (AvgIpc) is 3.36. The van der Waals surface area contributed by atoms with Crippen LogP contribution in [0.2, 0.25) is 0 Å². The first-order valence-corrected chi connectivity index (χ1v) is 13.0. The highest BCUT2D eigenvalue weighted by Crippen LogP contribution is 2.45. The van der Waals surface area contributed by atoms with Gasteiger partial charge < -0.3 is 10.5 Å². The second kappa shape index (κ2) is 10.6. The summed E-state index contributed by atoms with van der Waals surface area (Å²) in [5.41, 5.74) is 2.58. The number of thioether (sulfide) groups is 1. The predicted molar refractivity (Wildman–Crippen MR) is 141 cm³/mol. The van der Waals surface area contributed by atoms with Gasteiger partial charge in [-0.2, -0.15) is 13.2 Å². The molecule has 0 aliphatic carbocycles. The van der Waals surface area contributed by atoms with Gasteiger partial charge in [-0.3, -0.25) is 13.9 Å². The fraction of sp³-hybridized carbons (Fsp3) is 0.214. The van der Waals surface area contributed by atoms with Crippen molar-refractivity contribution in [2.75, 3.05) is 12.9 Å². The standard InChI is InChI=1S/C28H22F5N3O3S/c1-39-21-12-5-9-16(24(21)30)22-25(37)35(13-19(34)15-7-3-2-4-8-15)27(38)36-20(14-40-26(22)36)23-17(28(31,32)33)10-6-11-18(23)29/h2-12,19-20H,13-14,34H2,1H3. The summed E-state index contributed by atoms with van der Waals surface area (Å²) < 4.78 is 79.1. The lowest BCUT2D eigenvalue weighted by Crippen LogP contribution is -2.44. The van der Waals surface area contributed by atoms with E-state index in [0.29, 0.717) is 5.56 Å². The molecule has 0 fully saturated rings. The first-order valence-electron chi connectivity index (χ1n) is 12.1. The molecule has 40 heavy (non-hydrogen) atoms. The van der Waals surface area contributed by atoms with E-state index in [1.165, 1.54) is 25.3 Å². The molecule has 208 valence electrons. The molecule has 1 aliphatic heterocycles. The Balaban J connectivity index is 1.80. The lowest BCUT2D eigenvalue weighted by atomic mass is 9.99. The van der Waals surface area contributed by atoms with Crippen molar-refractivity contribution in [1.82, 2.24) is 9.13 Å². The Bertz CT molecular complexity index is 1700. The zero-order valence-electron chi connectivity index (χ0n) is 20.9. The molecule has 2 atom stereocenters. The zero-order valence-corrected chi connectivity index (χ0v) is 21.7. The van der Waals surface area contributed by atoms with Crippen LogP contribution in [0, 0.1) is 11.6 Å². The molecule has 5 rings (SSSR count). The first-order chi connectivity index (χ1) is 19.0. The van der Waals surface area contributed by atoms with Gasteiger partial charge in [0.15, 0.2) is 11.6 Å². The third-order valence-electron chi connectivity index (χ3n) is 6.77. The highest BCUT2D eigenvalue weighted by Gasteiger charge is 2.41. The van der Waals surface area contributed by atoms with E-state index in [-0.39, 0.29) is 34.2 Å². The predicted octanol–water partition coefficient (Wildman–Crippen LogP) is 5.38. The van der Waals surface area contributed by atoms with Gasteiger partial charge in [-0.1, -0.05) is 48.5 Å². The molecule has 1 aromatic heterocycles. The molecule has 0 amide bonds. The molecule has 0 spiro atoms. The second-order valence-electron chi connectivity index (χ2n) is 9.11. The van der Waals surface area contributed by atoms with E-state index in [9.17, 15) is 22.8 Å². The number of ether oxygens (including phenoxy) is 1. The van der Waals surface area contributed by atoms with Crippen LogP contribution in [0.3, 0.4) is 0 Å². The van der Waals surface area contributed by atoms with Gasteiger partial charge >= 0.3 is 11.9 Å². The topological polar surface area (TPSA) is 79.2 Å². The number of methoxy groups -OCH3 is 1. The van der Waals surface area contributed by atoms with E-state index in [1.54, 1.807) is 30.3 Å². The minimum absolute atomic E-state index is 0.0759. The Kier molecular flexibility index (Phi) is 7.32. The van der Waals surface area contributed by atoms with Crippen molar-refractivity contribution >= 4 is 11.8 Å². The Morgan fingerprint density at radius 1 is 1.02 bits per heavy atom. The molecule has 4 aromatic rings. The molecule has 2 unspecified atom stereocenters. The van der Waals surface area contributed by atoms with Crippen molar-refractivity contribution in [2.24, 2.45) is 5.73 Å². The summed E-state index contributed by atoms with van der Waals surface area (Å²) in [5, 5.41) is -0.0759. The van der Waals surface area contributed by atoms with Gasteiger partial charge in [0.05, 0.1) is 35.8 Å². The highest BCUT2D eigenvalue weighted by atomic mass is 32.2. The molecule has 0 bridgehead atoms. The number of rotatable bonds is 6. The van der Waals surface area contributed by atoms with Crippen LogP contribution in [0.4, 0.5) is 22.0 Å². The van der Waals surface area contributed by atoms with Gasteiger partial charge in [0.2, 0.25) is 0 Å². The van der Waals surface area contributed by atoms with Gasteiger partial charge in [-0.25, -0.2) is 13.6 Å². The SMILES string of the molecule is COc1cccc(-c2c3n(c(=O)n(CC(N)c4ccccc4)c2=O)C(c2c(F)cccc2C(F)(F)F)CS3)c1F. The summed E-state index contributed by atoms with van der Waals surface area (Å²) in [6, 6.07) is 12.9. The van der Waals surface area contributed by atoms with E-state index in [2.05, 4.69) is 0 Å². The van der Waals surface area contributed by atoms with Gasteiger partial charge in [-0.15, -0.1) is 11.8 Å². The number of nitrogens with zero attached hydrogens (tertiary/aromatic N) is 2. The number of hydrogen-bond acceptors (Lipinski definition) is 5. The zero-order chi connectivity index (χ0) is 28.8. The van der Waals surface area contributed by atoms with Gasteiger partial charge in [0, 0.05) is 22.9 Å². The van der Waals surface area contributed by atoms with Crippen LogP contribution >= 0.6 is 11.8 Å². The van der Waals surface area contributed by atoms with Crippen molar-refractivity contribution in [2.45, 2.75) is 29.8 Å². The summed E-state index contributed by atoms with van der Waals surface area (Å²) in [5.74, 6) is -2.43. The summed E-state index contributed by atoms with van der Waals surface area (Å²) in [7, 11) is 1.24. The Labute approximate surface area is 228 Å². The normalized spacial score (nSPS) is 15.6. The minimum atomic E-state index is -4.92. The molecule has 3 aromatic carbocycles. The monoisotopic (exact) mass is 575 g/mol. The summed E-state index contributed by atoms with van der Waals surface area (Å²) in [6.45, 7) is -0.360. The minimum Gasteiger partial charge on any atom is -0.494 e. The van der Waals surface area contributed by atoms with E-state index >= 15 is 8.78 Å². The molecule has 1 aliphatic rings. The van der Waals surface area contributed by atoms with Crippen LogP contribution in [0.1, 0.15) is 28.8 Å². The number of nitrogens with two attached hydrogens (primary N) is 1. The smallest absolute Gasteiger partial charge is 0.416 e. The van der Waals surface area contributed by atoms with E-state index in [1.807, 2.05) is 0 Å². The Hall–Kier alpha value is -3.90. The maximum absolute atomic E-state index is 15.5. The van der Waals surface area contributed by atoms with Crippen molar-refractivity contribution in [3.63, 3.8) is 0 Å². The number of halogens is 5. The van der Waals surface area contributed by atoms with Crippen LogP contribution in [0.25, 0.3) is 11.1 Å². The number of benzene rings is 3. The van der Waals surface area contributed by atoms with E-state index < -0.39 is 52.3 Å². The lowest BCUT2D eigenvalue weighted by molar-refractivity contribution is -0.138. The summed E-state index contributed by atoms with van der Waals surface area (Å²) in [6.07, 6.45) is -4.92. The number of alkyl halides is 3.